The molecule has 1 unspecified atom stereocenters. The van der Waals surface area contributed by atoms with Crippen LogP contribution in [0.5, 0.6) is 0 Å². The van der Waals surface area contributed by atoms with Crippen molar-refractivity contribution in [3.63, 3.8) is 0 Å². The molecule has 0 saturated heterocycles. The molecule has 6 heteroatoms. The molecule has 0 aliphatic heterocycles. The Bertz CT molecular complexity index is 266. The van der Waals surface area contributed by atoms with Gasteiger partial charge in [0.15, 0.2) is 0 Å². The zero-order chi connectivity index (χ0) is 13.5. The van der Waals surface area contributed by atoms with E-state index in [0.29, 0.717) is 13.0 Å². The Morgan fingerprint density at radius 2 is 2.00 bits per heavy atom. The molecular weight excluding hydrogens is 224 g/mol. The molecule has 0 bridgehead atoms. The average Bonchev–Trinajstić information content (AvgIpc) is 2.23. The van der Waals surface area contributed by atoms with E-state index in [0.717, 1.165) is 0 Å². The van der Waals surface area contributed by atoms with Gasteiger partial charge in [-0.25, -0.2) is 4.79 Å². The Morgan fingerprint density at radius 1 is 1.41 bits per heavy atom. The van der Waals surface area contributed by atoms with E-state index >= 15 is 0 Å². The summed E-state index contributed by atoms with van der Waals surface area (Å²) < 4.78 is 4.89. The van der Waals surface area contributed by atoms with Crippen molar-refractivity contribution < 1.29 is 19.4 Å². The van der Waals surface area contributed by atoms with E-state index in [9.17, 15) is 9.59 Å². The highest BCUT2D eigenvalue weighted by Crippen LogP contribution is 2.12. The lowest BCUT2D eigenvalue weighted by Crippen LogP contribution is -2.46. The summed E-state index contributed by atoms with van der Waals surface area (Å²) in [5, 5.41) is 14.1. The van der Waals surface area contributed by atoms with Gasteiger partial charge >= 0.3 is 12.0 Å². The van der Waals surface area contributed by atoms with Gasteiger partial charge in [0.1, 0.15) is 0 Å². The van der Waals surface area contributed by atoms with Gasteiger partial charge in [-0.05, 0) is 27.2 Å². The fourth-order valence-corrected chi connectivity index (χ4v) is 1.02. The summed E-state index contributed by atoms with van der Waals surface area (Å²) in [6, 6.07) is -0.370. The second-order valence-corrected chi connectivity index (χ2v) is 4.70. The molecule has 0 aliphatic carbocycles. The number of carbonyl (C=O) groups excluding carboxylic acids is 1. The van der Waals surface area contributed by atoms with E-state index in [2.05, 4.69) is 10.6 Å². The quantitative estimate of drug-likeness (QED) is 0.620. The van der Waals surface area contributed by atoms with Crippen LogP contribution < -0.4 is 10.6 Å². The van der Waals surface area contributed by atoms with Crippen LogP contribution in [0.1, 0.15) is 27.2 Å². The van der Waals surface area contributed by atoms with Crippen LogP contribution in [-0.2, 0) is 9.53 Å². The Morgan fingerprint density at radius 3 is 2.47 bits per heavy atom. The van der Waals surface area contributed by atoms with Crippen molar-refractivity contribution >= 4 is 12.0 Å². The van der Waals surface area contributed by atoms with Crippen LogP contribution in [0, 0.1) is 5.41 Å². The number of hydrogen-bond acceptors (Lipinski definition) is 3. The minimum Gasteiger partial charge on any atom is -0.481 e. The van der Waals surface area contributed by atoms with Crippen molar-refractivity contribution in [1.82, 2.24) is 10.6 Å². The first-order valence-electron chi connectivity index (χ1n) is 5.56. The minimum absolute atomic E-state index is 0.0112. The molecule has 0 aromatic heterocycles. The topological polar surface area (TPSA) is 87.7 Å². The maximum Gasteiger partial charge on any atom is 0.315 e. The summed E-state index contributed by atoms with van der Waals surface area (Å²) in [5.74, 6) is -0.940. The number of rotatable bonds is 7. The summed E-state index contributed by atoms with van der Waals surface area (Å²) in [5.41, 5.74) is -0.965. The van der Waals surface area contributed by atoms with Crippen LogP contribution in [0.15, 0.2) is 0 Å². The molecular formula is C11H22N2O4. The van der Waals surface area contributed by atoms with E-state index in [1.54, 1.807) is 21.0 Å². The van der Waals surface area contributed by atoms with Crippen LogP contribution in [0.3, 0.4) is 0 Å². The molecule has 100 valence electrons. The van der Waals surface area contributed by atoms with Crippen molar-refractivity contribution in [1.29, 1.82) is 0 Å². The highest BCUT2D eigenvalue weighted by molar-refractivity contribution is 5.77. The SMILES string of the molecule is COCCC(C)NC(=O)NCC(C)(C)C(=O)O. The second-order valence-electron chi connectivity index (χ2n) is 4.70. The molecule has 0 spiro atoms. The van der Waals surface area contributed by atoms with Gasteiger partial charge < -0.3 is 20.5 Å². The van der Waals surface area contributed by atoms with Crippen LogP contribution in [0.4, 0.5) is 4.79 Å². The predicted octanol–water partition coefficient (Wildman–Crippen LogP) is 0.821. The van der Waals surface area contributed by atoms with Gasteiger partial charge in [-0.15, -0.1) is 0 Å². The summed E-state index contributed by atoms with van der Waals surface area (Å²) in [6.45, 7) is 5.64. The second kappa shape index (κ2) is 7.11. The number of carboxylic acid groups (broad SMARTS) is 1. The first-order valence-corrected chi connectivity index (χ1v) is 5.56. The summed E-state index contributed by atoms with van der Waals surface area (Å²) in [4.78, 5) is 22.2. The van der Waals surface area contributed by atoms with Crippen molar-refractivity contribution in [3.8, 4) is 0 Å². The lowest BCUT2D eigenvalue weighted by Gasteiger charge is -2.21. The first kappa shape index (κ1) is 15.7. The largest absolute Gasteiger partial charge is 0.481 e. The summed E-state index contributed by atoms with van der Waals surface area (Å²) in [6.07, 6.45) is 0.715. The van der Waals surface area contributed by atoms with Crippen molar-refractivity contribution in [2.75, 3.05) is 20.3 Å². The summed E-state index contributed by atoms with van der Waals surface area (Å²) in [7, 11) is 1.60. The number of amides is 2. The van der Waals surface area contributed by atoms with Crippen LogP contribution in [0.2, 0.25) is 0 Å². The maximum atomic E-state index is 11.4. The molecule has 0 aromatic rings. The molecule has 0 aliphatic rings. The number of urea groups is 1. The van der Waals surface area contributed by atoms with Gasteiger partial charge in [-0.1, -0.05) is 0 Å². The Balaban J connectivity index is 3.91. The number of carboxylic acids is 1. The molecule has 17 heavy (non-hydrogen) atoms. The van der Waals surface area contributed by atoms with E-state index < -0.39 is 11.4 Å². The molecule has 0 fully saturated rings. The third-order valence-electron chi connectivity index (χ3n) is 2.40. The highest BCUT2D eigenvalue weighted by Gasteiger charge is 2.27. The van der Waals surface area contributed by atoms with Gasteiger partial charge in [0.25, 0.3) is 0 Å². The zero-order valence-electron chi connectivity index (χ0n) is 10.9. The van der Waals surface area contributed by atoms with Crippen molar-refractivity contribution in [2.45, 2.75) is 33.2 Å². The number of hydrogen-bond donors (Lipinski definition) is 3. The molecule has 3 N–H and O–H groups in total. The fraction of sp³-hybridized carbons (Fsp3) is 0.818. The Labute approximate surface area is 102 Å². The Kier molecular flexibility index (Phi) is 6.57. The van der Waals surface area contributed by atoms with Gasteiger partial charge in [-0.2, -0.15) is 0 Å². The maximum absolute atomic E-state index is 11.4. The number of methoxy groups -OCH3 is 1. The first-order chi connectivity index (χ1) is 7.79. The monoisotopic (exact) mass is 246 g/mol. The molecule has 1 atom stereocenters. The number of aliphatic carboxylic acids is 1. The van der Waals surface area contributed by atoms with Crippen LogP contribution >= 0.6 is 0 Å². The molecule has 0 saturated carbocycles. The standard InChI is InChI=1S/C11H22N2O4/c1-8(5-6-17-4)13-10(16)12-7-11(2,3)9(14)15/h8H,5-7H2,1-4H3,(H,14,15)(H2,12,13,16). The third kappa shape index (κ3) is 6.78. The van der Waals surface area contributed by atoms with Gasteiger partial charge in [0.05, 0.1) is 5.41 Å². The van der Waals surface area contributed by atoms with E-state index in [1.165, 1.54) is 0 Å². The normalized spacial score (nSPS) is 12.9. The molecule has 0 aromatic carbocycles. The fourth-order valence-electron chi connectivity index (χ4n) is 1.02. The predicted molar refractivity (Wildman–Crippen MR) is 63.9 cm³/mol. The summed E-state index contributed by atoms with van der Waals surface area (Å²) >= 11 is 0. The van der Waals surface area contributed by atoms with Gasteiger partial charge in [0.2, 0.25) is 0 Å². The van der Waals surface area contributed by atoms with Gasteiger partial charge in [-0.3, -0.25) is 4.79 Å². The highest BCUT2D eigenvalue weighted by atomic mass is 16.5. The molecule has 0 rings (SSSR count). The van der Waals surface area contributed by atoms with E-state index in [1.807, 2.05) is 6.92 Å². The van der Waals surface area contributed by atoms with Crippen molar-refractivity contribution in [2.24, 2.45) is 5.41 Å². The molecule has 0 heterocycles. The number of ether oxygens (including phenoxy) is 1. The van der Waals surface area contributed by atoms with E-state index in [-0.39, 0.29) is 18.6 Å². The smallest absolute Gasteiger partial charge is 0.315 e. The molecule has 6 nitrogen and oxygen atoms in total. The van der Waals surface area contributed by atoms with Gasteiger partial charge in [0, 0.05) is 26.3 Å². The average molecular weight is 246 g/mol. The van der Waals surface area contributed by atoms with Crippen LogP contribution in [-0.4, -0.2) is 43.4 Å². The molecule has 2 amide bonds. The third-order valence-corrected chi connectivity index (χ3v) is 2.40. The Hall–Kier alpha value is -1.30. The zero-order valence-corrected chi connectivity index (χ0v) is 10.9. The van der Waals surface area contributed by atoms with Crippen LogP contribution in [0.25, 0.3) is 0 Å². The lowest BCUT2D eigenvalue weighted by molar-refractivity contribution is -0.146. The minimum atomic E-state index is -0.965. The number of carbonyl (C=O) groups is 2. The van der Waals surface area contributed by atoms with E-state index in [4.69, 9.17) is 9.84 Å². The lowest BCUT2D eigenvalue weighted by atomic mass is 9.94. The molecule has 0 radical (unpaired) electrons. The van der Waals surface area contributed by atoms with Crippen molar-refractivity contribution in [3.05, 3.63) is 0 Å². The number of nitrogens with one attached hydrogen (secondary N) is 2.